The van der Waals surface area contributed by atoms with E-state index in [0.717, 1.165) is 25.7 Å². The molecule has 6 nitrogen and oxygen atoms in total. The monoisotopic (exact) mass is 314 g/mol. The SMILES string of the molecule is CCN(CC)c1nn(C2CCCCC2)c(N)c1S(C)(=O)=O. The summed E-state index contributed by atoms with van der Waals surface area (Å²) in [6.07, 6.45) is 6.79. The van der Waals surface area contributed by atoms with Crippen molar-refractivity contribution in [2.24, 2.45) is 0 Å². The van der Waals surface area contributed by atoms with Gasteiger partial charge in [-0.2, -0.15) is 5.10 Å². The van der Waals surface area contributed by atoms with Gasteiger partial charge < -0.3 is 10.6 Å². The number of anilines is 2. The molecule has 0 radical (unpaired) electrons. The smallest absolute Gasteiger partial charge is 0.182 e. The van der Waals surface area contributed by atoms with E-state index in [0.29, 0.717) is 24.7 Å². The molecule has 1 fully saturated rings. The first-order valence-corrected chi connectivity index (χ1v) is 9.62. The number of nitrogens with zero attached hydrogens (tertiary/aromatic N) is 3. The molecular formula is C14H26N4O2S. The van der Waals surface area contributed by atoms with Gasteiger partial charge >= 0.3 is 0 Å². The molecule has 0 unspecified atom stereocenters. The maximum atomic E-state index is 12.1. The zero-order valence-electron chi connectivity index (χ0n) is 13.2. The van der Waals surface area contributed by atoms with E-state index in [1.165, 1.54) is 12.7 Å². The lowest BCUT2D eigenvalue weighted by Crippen LogP contribution is -2.24. The number of rotatable bonds is 5. The summed E-state index contributed by atoms with van der Waals surface area (Å²) in [6.45, 7) is 5.40. The minimum Gasteiger partial charge on any atom is -0.383 e. The summed E-state index contributed by atoms with van der Waals surface area (Å²) >= 11 is 0. The summed E-state index contributed by atoms with van der Waals surface area (Å²) in [5, 5.41) is 4.58. The maximum Gasteiger partial charge on any atom is 0.182 e. The van der Waals surface area contributed by atoms with Gasteiger partial charge in [-0.1, -0.05) is 19.3 Å². The van der Waals surface area contributed by atoms with Crippen molar-refractivity contribution in [1.82, 2.24) is 9.78 Å². The maximum absolute atomic E-state index is 12.1. The Bertz CT molecular complexity index is 584. The highest BCUT2D eigenvalue weighted by Gasteiger charge is 2.29. The molecule has 0 atom stereocenters. The normalized spacial score (nSPS) is 17.1. The number of sulfone groups is 1. The molecular weight excluding hydrogens is 288 g/mol. The van der Waals surface area contributed by atoms with Crippen LogP contribution in [-0.4, -0.2) is 37.5 Å². The third-order valence-corrected chi connectivity index (χ3v) is 5.37. The average Bonchev–Trinajstić information content (AvgIpc) is 2.79. The van der Waals surface area contributed by atoms with E-state index in [1.807, 2.05) is 18.7 Å². The molecule has 1 aromatic heterocycles. The van der Waals surface area contributed by atoms with E-state index >= 15 is 0 Å². The molecule has 1 aromatic rings. The van der Waals surface area contributed by atoms with Crippen LogP contribution in [-0.2, 0) is 9.84 Å². The topological polar surface area (TPSA) is 81.2 Å². The number of nitrogen functional groups attached to an aromatic ring is 1. The minimum atomic E-state index is -3.40. The van der Waals surface area contributed by atoms with E-state index in [1.54, 1.807) is 4.68 Å². The lowest BCUT2D eigenvalue weighted by atomic mass is 9.96. The first kappa shape index (κ1) is 16.1. The van der Waals surface area contributed by atoms with Gasteiger partial charge in [0.15, 0.2) is 20.6 Å². The molecule has 1 aliphatic carbocycles. The summed E-state index contributed by atoms with van der Waals surface area (Å²) in [4.78, 5) is 2.14. The lowest BCUT2D eigenvalue weighted by Gasteiger charge is -2.23. The summed E-state index contributed by atoms with van der Waals surface area (Å²) in [7, 11) is -3.40. The summed E-state index contributed by atoms with van der Waals surface area (Å²) in [5.74, 6) is 0.803. The Morgan fingerprint density at radius 1 is 1.24 bits per heavy atom. The van der Waals surface area contributed by atoms with Crippen molar-refractivity contribution in [2.45, 2.75) is 56.9 Å². The van der Waals surface area contributed by atoms with E-state index < -0.39 is 9.84 Å². The Morgan fingerprint density at radius 3 is 2.29 bits per heavy atom. The zero-order chi connectivity index (χ0) is 15.6. The molecule has 0 spiro atoms. The van der Waals surface area contributed by atoms with E-state index in [2.05, 4.69) is 5.10 Å². The Hall–Kier alpha value is -1.24. The molecule has 7 heteroatoms. The summed E-state index contributed by atoms with van der Waals surface area (Å²) < 4.78 is 26.0. The fourth-order valence-electron chi connectivity index (χ4n) is 3.11. The van der Waals surface area contributed by atoms with Crippen LogP contribution in [0.3, 0.4) is 0 Å². The van der Waals surface area contributed by atoms with E-state index in [-0.39, 0.29) is 10.9 Å². The average molecular weight is 314 g/mol. The van der Waals surface area contributed by atoms with Crippen LogP contribution < -0.4 is 10.6 Å². The zero-order valence-corrected chi connectivity index (χ0v) is 14.0. The van der Waals surface area contributed by atoms with E-state index in [4.69, 9.17) is 5.73 Å². The van der Waals surface area contributed by atoms with Gasteiger partial charge in [0, 0.05) is 19.3 Å². The first-order valence-electron chi connectivity index (χ1n) is 7.73. The van der Waals surface area contributed by atoms with Gasteiger partial charge in [0.1, 0.15) is 5.82 Å². The highest BCUT2D eigenvalue weighted by molar-refractivity contribution is 7.91. The molecule has 120 valence electrons. The van der Waals surface area contributed by atoms with Crippen molar-refractivity contribution in [1.29, 1.82) is 0 Å². The number of aromatic nitrogens is 2. The van der Waals surface area contributed by atoms with Crippen LogP contribution in [0.2, 0.25) is 0 Å². The lowest BCUT2D eigenvalue weighted by molar-refractivity contribution is 0.333. The molecule has 21 heavy (non-hydrogen) atoms. The number of nitrogens with two attached hydrogens (primary N) is 1. The van der Waals surface area contributed by atoms with Crippen LogP contribution in [0, 0.1) is 0 Å². The van der Waals surface area contributed by atoms with Crippen LogP contribution in [0.4, 0.5) is 11.6 Å². The minimum absolute atomic E-state index is 0.191. The van der Waals surface area contributed by atoms with E-state index in [9.17, 15) is 8.42 Å². The fourth-order valence-corrected chi connectivity index (χ4v) is 4.08. The van der Waals surface area contributed by atoms with Gasteiger partial charge in [-0.15, -0.1) is 0 Å². The molecule has 0 saturated heterocycles. The number of hydrogen-bond donors (Lipinski definition) is 1. The second kappa shape index (κ2) is 6.25. The van der Waals surface area contributed by atoms with Crippen LogP contribution in [0.1, 0.15) is 52.0 Å². The second-order valence-electron chi connectivity index (χ2n) is 5.72. The quantitative estimate of drug-likeness (QED) is 0.901. The standard InChI is InChI=1S/C14H26N4O2S/c1-4-17(5-2)14-12(21(3,19)20)13(15)18(16-14)11-9-7-6-8-10-11/h11H,4-10,15H2,1-3H3. The summed E-state index contributed by atoms with van der Waals surface area (Å²) in [5.41, 5.74) is 6.16. The van der Waals surface area contributed by atoms with Crippen molar-refractivity contribution >= 4 is 21.5 Å². The molecule has 0 bridgehead atoms. The molecule has 0 aromatic carbocycles. The Morgan fingerprint density at radius 2 is 1.81 bits per heavy atom. The second-order valence-corrected chi connectivity index (χ2v) is 7.67. The third-order valence-electron chi connectivity index (χ3n) is 4.24. The predicted molar refractivity (Wildman–Crippen MR) is 85.4 cm³/mol. The fraction of sp³-hybridized carbons (Fsp3) is 0.786. The van der Waals surface area contributed by atoms with Crippen molar-refractivity contribution in [3.05, 3.63) is 0 Å². The Labute approximate surface area is 127 Å². The van der Waals surface area contributed by atoms with Crippen molar-refractivity contribution in [2.75, 3.05) is 30.0 Å². The molecule has 2 N–H and O–H groups in total. The van der Waals surface area contributed by atoms with Gasteiger partial charge in [0.2, 0.25) is 0 Å². The largest absolute Gasteiger partial charge is 0.383 e. The van der Waals surface area contributed by atoms with Crippen LogP contribution >= 0.6 is 0 Å². The third kappa shape index (κ3) is 3.17. The van der Waals surface area contributed by atoms with Gasteiger partial charge in [-0.05, 0) is 26.7 Å². The predicted octanol–water partition coefficient (Wildman–Crippen LogP) is 2.22. The highest BCUT2D eigenvalue weighted by atomic mass is 32.2. The highest BCUT2D eigenvalue weighted by Crippen LogP contribution is 2.36. The first-order chi connectivity index (χ1) is 9.90. The summed E-state index contributed by atoms with van der Waals surface area (Å²) in [6, 6.07) is 0.226. The van der Waals surface area contributed by atoms with Gasteiger partial charge in [0.05, 0.1) is 6.04 Å². The van der Waals surface area contributed by atoms with Crippen LogP contribution in [0.5, 0.6) is 0 Å². The van der Waals surface area contributed by atoms with Crippen molar-refractivity contribution in [3.63, 3.8) is 0 Å². The molecule has 0 aliphatic heterocycles. The number of hydrogen-bond acceptors (Lipinski definition) is 5. The molecule has 2 rings (SSSR count). The Kier molecular flexibility index (Phi) is 4.81. The van der Waals surface area contributed by atoms with Crippen molar-refractivity contribution < 1.29 is 8.42 Å². The molecule has 0 amide bonds. The van der Waals surface area contributed by atoms with Crippen LogP contribution in [0.25, 0.3) is 0 Å². The van der Waals surface area contributed by atoms with Gasteiger partial charge in [-0.25, -0.2) is 13.1 Å². The van der Waals surface area contributed by atoms with Crippen molar-refractivity contribution in [3.8, 4) is 0 Å². The van der Waals surface area contributed by atoms with Gasteiger partial charge in [0.25, 0.3) is 0 Å². The molecule has 1 heterocycles. The molecule has 1 saturated carbocycles. The van der Waals surface area contributed by atoms with Crippen LogP contribution in [0.15, 0.2) is 4.90 Å². The molecule has 1 aliphatic rings. The van der Waals surface area contributed by atoms with Gasteiger partial charge in [-0.3, -0.25) is 0 Å². The Balaban J connectivity index is 2.53.